The largest absolute Gasteiger partial charge is 0.399 e. The number of halogens is 2. The molecule has 96 valence electrons. The smallest absolute Gasteiger partial charge is 0.236 e. The zero-order valence-electron chi connectivity index (χ0n) is 9.86. The molecule has 0 radical (unpaired) electrons. The van der Waals surface area contributed by atoms with Crippen molar-refractivity contribution in [3.8, 4) is 0 Å². The highest BCUT2D eigenvalue weighted by molar-refractivity contribution is 6.40. The van der Waals surface area contributed by atoms with Crippen LogP contribution in [0, 0.1) is 0 Å². The van der Waals surface area contributed by atoms with Gasteiger partial charge >= 0.3 is 0 Å². The minimum Gasteiger partial charge on any atom is -0.399 e. The molecule has 1 amide bonds. The lowest BCUT2D eigenvalue weighted by Crippen LogP contribution is -2.21. The zero-order valence-corrected chi connectivity index (χ0v) is 11.4. The van der Waals surface area contributed by atoms with Gasteiger partial charge in [-0.15, -0.1) is 0 Å². The molecule has 1 aliphatic heterocycles. The van der Waals surface area contributed by atoms with Crippen LogP contribution < -0.4 is 10.6 Å². The van der Waals surface area contributed by atoms with Crippen LogP contribution >= 0.6 is 23.2 Å². The van der Waals surface area contributed by atoms with Gasteiger partial charge < -0.3 is 5.73 Å². The average Bonchev–Trinajstić information content (AvgIpc) is 2.65. The number of benzene rings is 2. The lowest BCUT2D eigenvalue weighted by Gasteiger charge is -2.20. The van der Waals surface area contributed by atoms with E-state index >= 15 is 0 Å². The second-order valence-electron chi connectivity index (χ2n) is 4.36. The maximum absolute atomic E-state index is 12.2. The third-order valence-corrected chi connectivity index (χ3v) is 3.71. The van der Waals surface area contributed by atoms with E-state index in [1.807, 2.05) is 6.07 Å². The fourth-order valence-electron chi connectivity index (χ4n) is 2.29. The van der Waals surface area contributed by atoms with E-state index < -0.39 is 0 Å². The lowest BCUT2D eigenvalue weighted by atomic mass is 10.1. The van der Waals surface area contributed by atoms with Crippen molar-refractivity contribution >= 4 is 46.2 Å². The van der Waals surface area contributed by atoms with E-state index in [4.69, 9.17) is 28.9 Å². The van der Waals surface area contributed by atoms with Crippen LogP contribution in [0.1, 0.15) is 5.56 Å². The molecule has 19 heavy (non-hydrogen) atoms. The number of rotatable bonds is 1. The van der Waals surface area contributed by atoms with Crippen LogP contribution in [0.5, 0.6) is 0 Å². The fraction of sp³-hybridized carbons (Fsp3) is 0.0714. The van der Waals surface area contributed by atoms with Crippen LogP contribution in [-0.2, 0) is 11.2 Å². The molecule has 0 fully saturated rings. The third-order valence-electron chi connectivity index (χ3n) is 3.10. The number of carbonyl (C=O) groups excluding carboxylic acids is 1. The van der Waals surface area contributed by atoms with E-state index in [9.17, 15) is 4.79 Å². The van der Waals surface area contributed by atoms with Gasteiger partial charge in [-0.3, -0.25) is 9.69 Å². The van der Waals surface area contributed by atoms with Crippen molar-refractivity contribution in [2.45, 2.75) is 6.42 Å². The molecule has 2 aromatic rings. The second kappa shape index (κ2) is 4.44. The molecule has 3 rings (SSSR count). The molecule has 2 aromatic carbocycles. The molecule has 3 nitrogen and oxygen atoms in total. The van der Waals surface area contributed by atoms with Gasteiger partial charge in [-0.2, -0.15) is 0 Å². The molecule has 2 N–H and O–H groups in total. The van der Waals surface area contributed by atoms with Crippen molar-refractivity contribution in [2.24, 2.45) is 0 Å². The van der Waals surface area contributed by atoms with Gasteiger partial charge in [-0.25, -0.2) is 0 Å². The number of carbonyl (C=O) groups is 1. The first-order chi connectivity index (χ1) is 9.08. The fourth-order valence-corrected chi connectivity index (χ4v) is 2.86. The van der Waals surface area contributed by atoms with Gasteiger partial charge in [0.1, 0.15) is 0 Å². The number of fused-ring (bicyclic) bond motifs is 1. The molecule has 0 bridgehead atoms. The van der Waals surface area contributed by atoms with E-state index in [-0.39, 0.29) is 5.91 Å². The molecule has 0 unspecified atom stereocenters. The van der Waals surface area contributed by atoms with Crippen LogP contribution in [0.2, 0.25) is 10.0 Å². The van der Waals surface area contributed by atoms with Crippen LogP contribution in [-0.4, -0.2) is 5.91 Å². The topological polar surface area (TPSA) is 46.3 Å². The molecule has 0 atom stereocenters. The zero-order chi connectivity index (χ0) is 13.6. The summed E-state index contributed by atoms with van der Waals surface area (Å²) >= 11 is 12.3. The van der Waals surface area contributed by atoms with E-state index in [1.165, 1.54) is 0 Å². The van der Waals surface area contributed by atoms with Crippen LogP contribution in [0.3, 0.4) is 0 Å². The highest BCUT2D eigenvalue weighted by atomic mass is 35.5. The number of amides is 1. The van der Waals surface area contributed by atoms with Gasteiger partial charge in [-0.1, -0.05) is 29.3 Å². The van der Waals surface area contributed by atoms with Gasteiger partial charge in [0.05, 0.1) is 27.8 Å². The Hall–Kier alpha value is -1.71. The summed E-state index contributed by atoms with van der Waals surface area (Å²) in [6.07, 6.45) is 0.307. The molecule has 0 saturated heterocycles. The molecule has 1 heterocycles. The van der Waals surface area contributed by atoms with Crippen LogP contribution in [0.4, 0.5) is 17.1 Å². The molecule has 0 aliphatic carbocycles. The third kappa shape index (κ3) is 1.95. The quantitative estimate of drug-likeness (QED) is 0.813. The summed E-state index contributed by atoms with van der Waals surface area (Å²) < 4.78 is 0. The molecule has 0 aromatic heterocycles. The second-order valence-corrected chi connectivity index (χ2v) is 5.18. The van der Waals surface area contributed by atoms with E-state index in [0.29, 0.717) is 27.8 Å². The van der Waals surface area contributed by atoms with E-state index in [0.717, 1.165) is 11.3 Å². The van der Waals surface area contributed by atoms with Gasteiger partial charge in [0.25, 0.3) is 0 Å². The first-order valence-corrected chi connectivity index (χ1v) is 6.49. The summed E-state index contributed by atoms with van der Waals surface area (Å²) in [5.74, 6) is -0.0596. The van der Waals surface area contributed by atoms with Gasteiger partial charge in [0.15, 0.2) is 0 Å². The Kier molecular flexibility index (Phi) is 2.88. The molecule has 0 spiro atoms. The summed E-state index contributed by atoms with van der Waals surface area (Å²) in [6, 6.07) is 10.6. The van der Waals surface area contributed by atoms with Crippen molar-refractivity contribution < 1.29 is 4.79 Å². The van der Waals surface area contributed by atoms with Crippen LogP contribution in [0.25, 0.3) is 0 Å². The Morgan fingerprint density at radius 1 is 1.11 bits per heavy atom. The van der Waals surface area contributed by atoms with E-state index in [2.05, 4.69) is 0 Å². The van der Waals surface area contributed by atoms with E-state index in [1.54, 1.807) is 35.2 Å². The van der Waals surface area contributed by atoms with Crippen molar-refractivity contribution in [1.29, 1.82) is 0 Å². The van der Waals surface area contributed by atoms with Crippen molar-refractivity contribution in [3.63, 3.8) is 0 Å². The minimum atomic E-state index is -0.0596. The monoisotopic (exact) mass is 292 g/mol. The molecular weight excluding hydrogens is 283 g/mol. The van der Waals surface area contributed by atoms with Crippen molar-refractivity contribution in [2.75, 3.05) is 10.6 Å². The van der Waals surface area contributed by atoms with Crippen LogP contribution in [0.15, 0.2) is 36.4 Å². The maximum Gasteiger partial charge on any atom is 0.236 e. The number of hydrogen-bond acceptors (Lipinski definition) is 2. The first-order valence-electron chi connectivity index (χ1n) is 5.73. The SMILES string of the molecule is Nc1ccc2c(c1)CC(=O)N2c1c(Cl)cccc1Cl. The summed E-state index contributed by atoms with van der Waals surface area (Å²) in [4.78, 5) is 13.8. The van der Waals surface area contributed by atoms with Gasteiger partial charge in [0.2, 0.25) is 5.91 Å². The number of nitrogen functional groups attached to an aromatic ring is 1. The number of anilines is 3. The number of hydrogen-bond donors (Lipinski definition) is 1. The Bertz CT molecular complexity index is 665. The Morgan fingerprint density at radius 3 is 2.47 bits per heavy atom. The molecule has 1 aliphatic rings. The lowest BCUT2D eigenvalue weighted by molar-refractivity contribution is -0.116. The Morgan fingerprint density at radius 2 is 1.79 bits per heavy atom. The summed E-state index contributed by atoms with van der Waals surface area (Å²) in [5, 5.41) is 0.899. The summed E-state index contributed by atoms with van der Waals surface area (Å²) in [6.45, 7) is 0. The standard InChI is InChI=1S/C14H10Cl2N2O/c15-10-2-1-3-11(16)14(10)18-12-5-4-9(17)6-8(12)7-13(18)19/h1-6H,7,17H2. The average molecular weight is 293 g/mol. The predicted molar refractivity (Wildman–Crippen MR) is 78.2 cm³/mol. The van der Waals surface area contributed by atoms with Crippen molar-refractivity contribution in [1.82, 2.24) is 0 Å². The normalized spacial score (nSPS) is 13.8. The number of nitrogens with two attached hydrogens (primary N) is 1. The highest BCUT2D eigenvalue weighted by Crippen LogP contribution is 2.43. The minimum absolute atomic E-state index is 0.0596. The highest BCUT2D eigenvalue weighted by Gasteiger charge is 2.31. The Balaban J connectivity index is 2.20. The molecule has 0 saturated carbocycles. The van der Waals surface area contributed by atoms with Gasteiger partial charge in [0, 0.05) is 5.69 Å². The number of nitrogens with zero attached hydrogens (tertiary/aromatic N) is 1. The summed E-state index contributed by atoms with van der Waals surface area (Å²) in [5.41, 5.74) is 8.58. The Labute approximate surface area is 120 Å². The maximum atomic E-state index is 12.2. The predicted octanol–water partition coefficient (Wildman–Crippen LogP) is 3.80. The first kappa shape index (κ1) is 12.3. The number of para-hydroxylation sites is 1. The summed E-state index contributed by atoms with van der Waals surface area (Å²) in [7, 11) is 0. The molecule has 5 heteroatoms. The van der Waals surface area contributed by atoms with Crippen molar-refractivity contribution in [3.05, 3.63) is 52.0 Å². The van der Waals surface area contributed by atoms with Gasteiger partial charge in [-0.05, 0) is 35.9 Å². The molecular formula is C14H10Cl2N2O.